The molecule has 0 aromatic heterocycles. The third kappa shape index (κ3) is 6.10. The Labute approximate surface area is 55.1 Å². The van der Waals surface area contributed by atoms with E-state index in [9.17, 15) is 0 Å². The van der Waals surface area contributed by atoms with Crippen molar-refractivity contribution in [3.63, 3.8) is 0 Å². The summed E-state index contributed by atoms with van der Waals surface area (Å²) in [5, 5.41) is 0. The van der Waals surface area contributed by atoms with Gasteiger partial charge < -0.3 is 0 Å². The first-order valence-electron chi connectivity index (χ1n) is 1.46. The van der Waals surface area contributed by atoms with Crippen molar-refractivity contribution in [1.82, 2.24) is 0 Å². The van der Waals surface area contributed by atoms with Crippen LogP contribution in [0.25, 0.3) is 0 Å². The zero-order valence-electron chi connectivity index (χ0n) is 3.71. The average molecular weight is 196 g/mol. The van der Waals surface area contributed by atoms with E-state index in [0.29, 0.717) is 7.04 Å². The topological polar surface area (TPSA) is 0 Å². The van der Waals surface area contributed by atoms with Gasteiger partial charge in [-0.3, -0.25) is 0 Å². The van der Waals surface area contributed by atoms with Gasteiger partial charge in [-0.2, -0.15) is 0 Å². The highest BCUT2D eigenvalue weighted by Gasteiger charge is 1.87. The lowest BCUT2D eigenvalue weighted by Crippen LogP contribution is -1.05. The van der Waals surface area contributed by atoms with E-state index in [1.165, 1.54) is 0 Å². The van der Waals surface area contributed by atoms with Crippen LogP contribution in [0.15, 0.2) is 0 Å². The molecule has 0 saturated heterocycles. The fraction of sp³-hybridized carbons (Fsp3) is 0. The number of halogens is 1. The van der Waals surface area contributed by atoms with Crippen LogP contribution in [0.1, 0.15) is 0 Å². The first kappa shape index (κ1) is 6.22. The first-order valence-corrected chi connectivity index (χ1v) is 9.09. The molecule has 0 N–H and O–H groups in total. The monoisotopic (exact) mass is 196 g/mol. The number of hydrogen-bond acceptors (Lipinski definition) is 1. The van der Waals surface area contributed by atoms with E-state index >= 15 is 0 Å². The fourth-order valence-corrected chi connectivity index (χ4v) is 8.48. The molecule has 0 aliphatic rings. The zero-order valence-corrected chi connectivity index (χ0v) is 8.12. The molecule has 6 heavy (non-hydrogen) atoms. The van der Waals surface area contributed by atoms with Crippen LogP contribution in [-0.4, -0.2) is 1.28 Å². The summed E-state index contributed by atoms with van der Waals surface area (Å²) in [6, 6.07) is 0. The molecule has 0 rings (SSSR count). The SMILES string of the molecule is [3H]P(P=S)P(P)Cl. The maximum atomic E-state index is 7.10. The van der Waals surface area contributed by atoms with Crippen molar-refractivity contribution in [3.05, 3.63) is 0 Å². The van der Waals surface area contributed by atoms with Crippen LogP contribution in [0.5, 0.6) is 0 Å². The van der Waals surface area contributed by atoms with Gasteiger partial charge >= 0.3 is 0 Å². The van der Waals surface area contributed by atoms with Crippen LogP contribution in [0.4, 0.5) is 0 Å². The van der Waals surface area contributed by atoms with Crippen molar-refractivity contribution >= 4 is 53.6 Å². The van der Waals surface area contributed by atoms with E-state index in [0.717, 1.165) is 0 Å². The van der Waals surface area contributed by atoms with Crippen LogP contribution in [0, 0.1) is 0 Å². The van der Waals surface area contributed by atoms with Crippen molar-refractivity contribution in [2.24, 2.45) is 0 Å². The third-order valence-corrected chi connectivity index (χ3v) is 9.88. The molecule has 0 fully saturated rings. The van der Waals surface area contributed by atoms with E-state index in [4.69, 9.17) is 12.5 Å². The molecule has 0 aromatic carbocycles. The Balaban J connectivity index is 3.33. The van der Waals surface area contributed by atoms with Crippen molar-refractivity contribution in [3.8, 4) is 0 Å². The quantitative estimate of drug-likeness (QED) is 0.611. The number of hydrogen-bond donors (Lipinski definition) is 0. The Morgan fingerprint density at radius 1 is 2.33 bits per heavy atom. The largest absolute Gasteiger partial charge is 0.0902 e. The van der Waals surface area contributed by atoms with Crippen LogP contribution in [0.3, 0.4) is 0 Å². The second kappa shape index (κ2) is 5.24. The van der Waals surface area contributed by atoms with Gasteiger partial charge in [0, 0.05) is 13.7 Å². The van der Waals surface area contributed by atoms with Crippen LogP contribution in [0.2, 0.25) is 0 Å². The summed E-state index contributed by atoms with van der Waals surface area (Å²) in [5.41, 5.74) is 0. The lowest BCUT2D eigenvalue weighted by molar-refractivity contribution is 4.83. The lowest BCUT2D eigenvalue weighted by atomic mass is 29.3. The molecular formula is H3ClP4S. The molecule has 0 saturated carbocycles. The highest BCUT2D eigenvalue weighted by Crippen LogP contribution is 2.71. The summed E-state index contributed by atoms with van der Waals surface area (Å²) in [5.74, 6) is 0. The molecule has 0 nitrogen and oxygen atoms in total. The molecule has 0 bridgehead atoms. The standard InChI is InChI=1S/ClH3P4S/c1-5(2)3-4-6/h3H,2H2/i3T. The highest BCUT2D eigenvalue weighted by molar-refractivity contribution is 8.73. The zero-order chi connectivity index (χ0) is 5.86. The summed E-state index contributed by atoms with van der Waals surface area (Å²) in [6.07, 6.45) is 0. The maximum Gasteiger partial charge on any atom is 0.0745 e. The lowest BCUT2D eigenvalue weighted by Gasteiger charge is -1.88. The second-order valence-corrected chi connectivity index (χ2v) is 12.4. The summed E-state index contributed by atoms with van der Waals surface area (Å²) in [6.45, 7) is -0.658. The van der Waals surface area contributed by atoms with Gasteiger partial charge in [0.1, 0.15) is 0 Å². The maximum absolute atomic E-state index is 7.10. The molecule has 0 aliphatic carbocycles. The molecule has 0 spiro atoms. The predicted molar refractivity (Wildman–Crippen MR) is 45.1 cm³/mol. The van der Waals surface area contributed by atoms with Gasteiger partial charge in [-0.05, 0) is 7.90 Å². The molecule has 36 valence electrons. The summed E-state index contributed by atoms with van der Waals surface area (Å²) in [4.78, 5) is 0. The Bertz CT molecular complexity index is 64.7. The van der Waals surface area contributed by atoms with Gasteiger partial charge in [-0.1, -0.05) is 32.0 Å². The van der Waals surface area contributed by atoms with Gasteiger partial charge in [0.15, 0.2) is 0 Å². The molecule has 0 aromatic rings. The molecule has 0 radical (unpaired) electrons. The summed E-state index contributed by atoms with van der Waals surface area (Å²) < 4.78 is 7.10. The fourth-order valence-electron chi connectivity index (χ4n) is 0.0349. The van der Waals surface area contributed by atoms with Crippen molar-refractivity contribution < 1.29 is 0 Å². The molecule has 0 aliphatic heterocycles. The number of rotatable bonds is 2. The third-order valence-electron chi connectivity index (χ3n) is 0.122. The van der Waals surface area contributed by atoms with Crippen molar-refractivity contribution in [1.29, 1.82) is 1.28 Å². The smallest absolute Gasteiger partial charge is 0.0745 e. The molecule has 0 heterocycles. The highest BCUT2D eigenvalue weighted by atomic mass is 35.7. The minimum absolute atomic E-state index is 0.658. The van der Waals surface area contributed by atoms with Crippen molar-refractivity contribution in [2.75, 3.05) is 0 Å². The van der Waals surface area contributed by atoms with Crippen LogP contribution in [-0.2, 0) is 11.8 Å². The molecule has 0 amide bonds. The van der Waals surface area contributed by atoms with E-state index in [1.54, 1.807) is 0 Å². The normalized spacial score (nSPS) is 22.7. The molecule has 3 unspecified atom stereocenters. The van der Waals surface area contributed by atoms with E-state index in [1.807, 2.05) is 0 Å². The van der Waals surface area contributed by atoms with Crippen LogP contribution >= 0.6 is 41.8 Å². The minimum atomic E-state index is -0.807. The van der Waals surface area contributed by atoms with Gasteiger partial charge in [0.25, 0.3) is 0 Å². The average Bonchev–Trinajstić information content (AvgIpc) is 1.65. The minimum Gasteiger partial charge on any atom is -0.0902 e. The molecule has 3 atom stereocenters. The van der Waals surface area contributed by atoms with Gasteiger partial charge in [-0.25, -0.2) is 0 Å². The Kier molecular flexibility index (Phi) is 5.44. The summed E-state index contributed by atoms with van der Waals surface area (Å²) in [7, 11) is 2.32. The first-order chi connectivity index (χ1) is 3.18. The Morgan fingerprint density at radius 3 is 2.83 bits per heavy atom. The van der Waals surface area contributed by atoms with E-state index < -0.39 is 14.6 Å². The Hall–Kier alpha value is 2.10. The van der Waals surface area contributed by atoms with E-state index in [-0.39, 0.29) is 0 Å². The molecular weight excluding hydrogens is 191 g/mol. The van der Waals surface area contributed by atoms with Gasteiger partial charge in [0.05, 0.1) is 1.28 Å². The van der Waals surface area contributed by atoms with Gasteiger partial charge in [-0.15, -0.1) is 0 Å². The predicted octanol–water partition coefficient (Wildman–Crippen LogP) is 3.33. The van der Waals surface area contributed by atoms with Gasteiger partial charge in [0.2, 0.25) is 0 Å². The summed E-state index contributed by atoms with van der Waals surface area (Å²) >= 11 is 10.1. The molecule has 6 heteroatoms. The Morgan fingerprint density at radius 2 is 2.83 bits per heavy atom. The van der Waals surface area contributed by atoms with E-state index in [2.05, 4.69) is 20.7 Å². The second-order valence-electron chi connectivity index (χ2n) is 0.460. The van der Waals surface area contributed by atoms with Crippen molar-refractivity contribution in [2.45, 2.75) is 0 Å². The van der Waals surface area contributed by atoms with Crippen LogP contribution < -0.4 is 0 Å².